The van der Waals surface area contributed by atoms with Crippen LogP contribution in [-0.4, -0.2) is 58.6 Å². The van der Waals surface area contributed by atoms with Crippen LogP contribution < -0.4 is 5.32 Å². The number of nitrogens with zero attached hydrogens (tertiary/aromatic N) is 1. The Labute approximate surface area is 161 Å². The fourth-order valence-electron chi connectivity index (χ4n) is 3.65. The van der Waals surface area contributed by atoms with Crippen LogP contribution >= 0.6 is 0 Å². The molecule has 2 amide bonds. The summed E-state index contributed by atoms with van der Waals surface area (Å²) in [5, 5.41) is 12.7. The van der Waals surface area contributed by atoms with Crippen molar-refractivity contribution in [2.24, 2.45) is 0 Å². The summed E-state index contributed by atoms with van der Waals surface area (Å²) >= 11 is 0. The number of nitrogens with one attached hydrogen (secondary N) is 1. The first-order chi connectivity index (χ1) is 13.0. The second kappa shape index (κ2) is 7.54. The Bertz CT molecular complexity index is 747. The minimum Gasteiger partial charge on any atom is -0.444 e. The van der Waals surface area contributed by atoms with Gasteiger partial charge in [-0.1, -0.05) is 0 Å². The molecule has 4 atom stereocenters. The Kier molecular flexibility index (Phi) is 5.47. The van der Waals surface area contributed by atoms with E-state index in [1.807, 2.05) is 0 Å². The van der Waals surface area contributed by atoms with Crippen molar-refractivity contribution in [3.63, 3.8) is 0 Å². The third-order valence-corrected chi connectivity index (χ3v) is 4.65. The molecule has 0 saturated carbocycles. The number of ether oxygens (including phenoxy) is 2. The summed E-state index contributed by atoms with van der Waals surface area (Å²) in [4.78, 5) is 25.7. The summed E-state index contributed by atoms with van der Waals surface area (Å²) in [6, 6.07) is 1.89. The van der Waals surface area contributed by atoms with Crippen LogP contribution in [0.25, 0.3) is 0 Å². The van der Waals surface area contributed by atoms with Crippen molar-refractivity contribution in [2.45, 2.75) is 63.5 Å². The lowest BCUT2D eigenvalue weighted by Crippen LogP contribution is -2.50. The first-order valence-electron chi connectivity index (χ1n) is 9.11. The Hall–Kier alpha value is -2.42. The maximum atomic E-state index is 13.5. The number of likely N-dealkylation sites (tertiary alicyclic amines) is 1. The standard InChI is InChI=1S/C19H24F2N2O5/c1-19(2,3)28-18(26)23-9-13(24)8-15(23)16-14(22-17(25)27-16)6-10-4-11(20)7-12(21)5-10/h4-5,7,13-16,24H,6,8-9H2,1-3H3,(H,22,25)/t13-,14+,15-,16+/m1/s1. The summed E-state index contributed by atoms with van der Waals surface area (Å²) in [6.07, 6.45) is -2.57. The van der Waals surface area contributed by atoms with Gasteiger partial charge in [-0.2, -0.15) is 0 Å². The number of halogens is 2. The number of β-amino-alcohol motifs (C(OH)–C–C–N with tert-alkyl or cyclic N) is 1. The van der Waals surface area contributed by atoms with Crippen molar-refractivity contribution in [3.8, 4) is 0 Å². The van der Waals surface area contributed by atoms with Gasteiger partial charge in [0.1, 0.15) is 23.3 Å². The number of alkyl carbamates (subject to hydrolysis) is 1. The SMILES string of the molecule is CC(C)(C)OC(=O)N1C[C@H](O)C[C@@H]1[C@H]1OC(=O)N[C@H]1Cc1cc(F)cc(F)c1. The number of carbonyl (C=O) groups is 2. The number of benzene rings is 1. The molecule has 0 spiro atoms. The number of carbonyl (C=O) groups excluding carboxylic acids is 2. The third kappa shape index (κ3) is 4.70. The molecule has 0 unspecified atom stereocenters. The van der Waals surface area contributed by atoms with Gasteiger partial charge >= 0.3 is 12.2 Å². The zero-order valence-corrected chi connectivity index (χ0v) is 15.9. The monoisotopic (exact) mass is 398 g/mol. The van der Waals surface area contributed by atoms with Gasteiger partial charge in [0.25, 0.3) is 0 Å². The number of rotatable bonds is 3. The van der Waals surface area contributed by atoms with Crippen LogP contribution in [0, 0.1) is 11.6 Å². The minimum absolute atomic E-state index is 0.0505. The average molecular weight is 398 g/mol. The van der Waals surface area contributed by atoms with Crippen molar-refractivity contribution in [2.75, 3.05) is 6.54 Å². The zero-order chi connectivity index (χ0) is 20.6. The van der Waals surface area contributed by atoms with Crippen LogP contribution in [0.2, 0.25) is 0 Å². The van der Waals surface area contributed by atoms with Crippen molar-refractivity contribution < 1.29 is 33.0 Å². The molecule has 1 aromatic carbocycles. The molecule has 0 radical (unpaired) electrons. The van der Waals surface area contributed by atoms with Gasteiger partial charge in [0, 0.05) is 6.07 Å². The first kappa shape index (κ1) is 20.3. The largest absolute Gasteiger partial charge is 0.444 e. The Balaban J connectivity index is 1.80. The van der Waals surface area contributed by atoms with E-state index in [-0.39, 0.29) is 19.4 Å². The summed E-state index contributed by atoms with van der Waals surface area (Å²) in [5.41, 5.74) is -0.376. The molecular formula is C19H24F2N2O5. The second-order valence-corrected chi connectivity index (χ2v) is 8.19. The van der Waals surface area contributed by atoms with E-state index in [1.54, 1.807) is 20.8 Å². The van der Waals surface area contributed by atoms with Gasteiger partial charge < -0.3 is 19.9 Å². The van der Waals surface area contributed by atoms with Crippen LogP contribution in [-0.2, 0) is 15.9 Å². The molecule has 0 aliphatic carbocycles. The lowest BCUT2D eigenvalue weighted by atomic mass is 9.95. The molecule has 2 saturated heterocycles. The van der Waals surface area contributed by atoms with Crippen molar-refractivity contribution >= 4 is 12.2 Å². The molecule has 0 aromatic heterocycles. The van der Waals surface area contributed by atoms with E-state index < -0.39 is 53.7 Å². The van der Waals surface area contributed by atoms with Crippen LogP contribution in [0.4, 0.5) is 18.4 Å². The molecule has 9 heteroatoms. The summed E-state index contributed by atoms with van der Waals surface area (Å²) in [7, 11) is 0. The van der Waals surface area contributed by atoms with Crippen LogP contribution in [0.3, 0.4) is 0 Å². The maximum Gasteiger partial charge on any atom is 0.410 e. The fraction of sp³-hybridized carbons (Fsp3) is 0.579. The highest BCUT2D eigenvalue weighted by molar-refractivity contribution is 5.72. The van der Waals surface area contributed by atoms with E-state index in [9.17, 15) is 23.5 Å². The van der Waals surface area contributed by atoms with E-state index >= 15 is 0 Å². The summed E-state index contributed by atoms with van der Waals surface area (Å²) in [5.74, 6) is -1.44. The van der Waals surface area contributed by atoms with E-state index in [2.05, 4.69) is 5.32 Å². The molecule has 2 N–H and O–H groups in total. The van der Waals surface area contributed by atoms with E-state index in [0.29, 0.717) is 5.56 Å². The van der Waals surface area contributed by atoms with Gasteiger partial charge in [-0.25, -0.2) is 18.4 Å². The molecule has 3 rings (SSSR count). The molecule has 2 heterocycles. The zero-order valence-electron chi connectivity index (χ0n) is 15.9. The van der Waals surface area contributed by atoms with Crippen LogP contribution in [0.5, 0.6) is 0 Å². The highest BCUT2D eigenvalue weighted by Crippen LogP contribution is 2.30. The molecule has 0 bridgehead atoms. The summed E-state index contributed by atoms with van der Waals surface area (Å²) < 4.78 is 37.7. The number of aliphatic hydroxyl groups is 1. The number of aliphatic hydroxyl groups excluding tert-OH is 1. The molecular weight excluding hydrogens is 374 g/mol. The summed E-state index contributed by atoms with van der Waals surface area (Å²) in [6.45, 7) is 5.23. The molecule has 2 fully saturated rings. The van der Waals surface area contributed by atoms with E-state index in [1.165, 1.54) is 17.0 Å². The predicted octanol–water partition coefficient (Wildman–Crippen LogP) is 2.35. The number of hydrogen-bond acceptors (Lipinski definition) is 5. The van der Waals surface area contributed by atoms with Gasteiger partial charge in [-0.05, 0) is 51.3 Å². The first-order valence-corrected chi connectivity index (χ1v) is 9.11. The second-order valence-electron chi connectivity index (χ2n) is 8.19. The van der Waals surface area contributed by atoms with E-state index in [4.69, 9.17) is 9.47 Å². The van der Waals surface area contributed by atoms with Crippen molar-refractivity contribution in [1.82, 2.24) is 10.2 Å². The minimum atomic E-state index is -0.788. The molecule has 1 aromatic rings. The maximum absolute atomic E-state index is 13.5. The Morgan fingerprint density at radius 3 is 2.57 bits per heavy atom. The smallest absolute Gasteiger partial charge is 0.410 e. The van der Waals surface area contributed by atoms with Crippen LogP contribution in [0.1, 0.15) is 32.8 Å². The van der Waals surface area contributed by atoms with Gasteiger partial charge in [0.2, 0.25) is 0 Å². The van der Waals surface area contributed by atoms with Gasteiger partial charge in [0.15, 0.2) is 0 Å². The lowest BCUT2D eigenvalue weighted by Gasteiger charge is -2.32. The van der Waals surface area contributed by atoms with Crippen LogP contribution in [0.15, 0.2) is 18.2 Å². The Morgan fingerprint density at radius 2 is 1.96 bits per heavy atom. The quantitative estimate of drug-likeness (QED) is 0.816. The number of amides is 2. The van der Waals surface area contributed by atoms with E-state index in [0.717, 1.165) is 6.07 Å². The topological polar surface area (TPSA) is 88.1 Å². The molecule has 2 aliphatic rings. The van der Waals surface area contributed by atoms with Crippen molar-refractivity contribution in [1.29, 1.82) is 0 Å². The van der Waals surface area contributed by atoms with Crippen molar-refractivity contribution in [3.05, 3.63) is 35.4 Å². The fourth-order valence-corrected chi connectivity index (χ4v) is 3.65. The van der Waals surface area contributed by atoms with Gasteiger partial charge in [-0.3, -0.25) is 4.90 Å². The molecule has 7 nitrogen and oxygen atoms in total. The Morgan fingerprint density at radius 1 is 1.32 bits per heavy atom. The highest BCUT2D eigenvalue weighted by Gasteiger charge is 2.48. The molecule has 28 heavy (non-hydrogen) atoms. The van der Waals surface area contributed by atoms with Gasteiger partial charge in [0.05, 0.1) is 24.7 Å². The predicted molar refractivity (Wildman–Crippen MR) is 94.6 cm³/mol. The average Bonchev–Trinajstić information content (AvgIpc) is 3.07. The number of hydrogen-bond donors (Lipinski definition) is 2. The molecule has 154 valence electrons. The molecule has 2 aliphatic heterocycles. The highest BCUT2D eigenvalue weighted by atomic mass is 19.1. The normalized spacial score (nSPS) is 27.5. The lowest BCUT2D eigenvalue weighted by molar-refractivity contribution is 0.00479. The number of cyclic esters (lactones) is 1. The third-order valence-electron chi connectivity index (χ3n) is 4.65. The van der Waals surface area contributed by atoms with Gasteiger partial charge in [-0.15, -0.1) is 0 Å².